The van der Waals surface area contributed by atoms with Crippen molar-refractivity contribution >= 4 is 0 Å². The van der Waals surface area contributed by atoms with E-state index in [0.29, 0.717) is 5.92 Å². The zero-order chi connectivity index (χ0) is 14.8. The molecule has 0 fully saturated rings. The maximum atomic E-state index is 5.48. The van der Waals surface area contributed by atoms with Crippen LogP contribution in [0.3, 0.4) is 0 Å². The Morgan fingerprint density at radius 3 is 2.81 bits per heavy atom. The molecule has 2 aromatic heterocycles. The molecule has 0 saturated carbocycles. The van der Waals surface area contributed by atoms with Crippen LogP contribution in [0.25, 0.3) is 0 Å². The summed E-state index contributed by atoms with van der Waals surface area (Å²) in [7, 11) is 2.08. The van der Waals surface area contributed by atoms with Crippen LogP contribution >= 0.6 is 0 Å². The van der Waals surface area contributed by atoms with Gasteiger partial charge in [0.05, 0.1) is 5.69 Å². The largest absolute Gasteiger partial charge is 0.448 e. The molecule has 2 aromatic rings. The minimum absolute atomic E-state index is 0.326. The molecule has 2 heterocycles. The molecule has 21 heavy (non-hydrogen) atoms. The summed E-state index contributed by atoms with van der Waals surface area (Å²) in [5, 5.41) is 4.25. The maximum Gasteiger partial charge on any atom is 0.196 e. The molecule has 5 heteroatoms. The number of nitrogens with zero attached hydrogens (tertiary/aromatic N) is 3. The molecule has 0 spiro atoms. The molecule has 0 aromatic carbocycles. The summed E-state index contributed by atoms with van der Waals surface area (Å²) in [6.07, 6.45) is 6.35. The van der Waals surface area contributed by atoms with Crippen molar-refractivity contribution in [1.82, 2.24) is 15.0 Å². The van der Waals surface area contributed by atoms with Crippen LogP contribution in [0.1, 0.15) is 61.2 Å². The minimum atomic E-state index is 0.326. The average molecular weight is 289 g/mol. The molecule has 0 amide bonds. The van der Waals surface area contributed by atoms with Gasteiger partial charge in [-0.25, -0.2) is 4.98 Å². The molecule has 0 radical (unpaired) electrons. The predicted octanol–water partition coefficient (Wildman–Crippen LogP) is 3.30. The van der Waals surface area contributed by atoms with E-state index in [9.17, 15) is 0 Å². The Morgan fingerprint density at radius 2 is 2.05 bits per heavy atom. The topological polar surface area (TPSA) is 55.3 Å². The van der Waals surface area contributed by atoms with E-state index in [-0.39, 0.29) is 0 Å². The van der Waals surface area contributed by atoms with E-state index < -0.39 is 0 Å². The molecule has 1 aliphatic rings. The SMILES string of the molecule is CC(C)c1nc(CN(C)Cc2noc3c2CCCC3)co1. The summed E-state index contributed by atoms with van der Waals surface area (Å²) < 4.78 is 10.9. The van der Waals surface area contributed by atoms with Gasteiger partial charge in [-0.15, -0.1) is 0 Å². The Kier molecular flexibility index (Phi) is 4.10. The van der Waals surface area contributed by atoms with E-state index in [4.69, 9.17) is 8.94 Å². The fraction of sp³-hybridized carbons (Fsp3) is 0.625. The van der Waals surface area contributed by atoms with Crippen molar-refractivity contribution in [3.63, 3.8) is 0 Å². The van der Waals surface area contributed by atoms with Gasteiger partial charge in [-0.3, -0.25) is 4.90 Å². The molecular weight excluding hydrogens is 266 g/mol. The third-order valence-corrected chi connectivity index (χ3v) is 3.95. The van der Waals surface area contributed by atoms with Crippen molar-refractivity contribution in [2.45, 2.75) is 58.5 Å². The zero-order valence-corrected chi connectivity index (χ0v) is 13.1. The van der Waals surface area contributed by atoms with Crippen LogP contribution in [0, 0.1) is 0 Å². The van der Waals surface area contributed by atoms with E-state index in [0.717, 1.165) is 49.0 Å². The zero-order valence-electron chi connectivity index (χ0n) is 13.1. The van der Waals surface area contributed by atoms with Crippen molar-refractivity contribution < 1.29 is 8.94 Å². The number of rotatable bonds is 5. The number of aromatic nitrogens is 2. The summed E-state index contributed by atoms with van der Waals surface area (Å²) in [6.45, 7) is 5.72. The molecule has 0 aliphatic heterocycles. The first-order chi connectivity index (χ1) is 10.1. The Labute approximate surface area is 125 Å². The number of hydrogen-bond donors (Lipinski definition) is 0. The molecular formula is C16H23N3O2. The molecule has 1 aliphatic carbocycles. The number of hydrogen-bond acceptors (Lipinski definition) is 5. The third kappa shape index (κ3) is 3.18. The normalized spacial score (nSPS) is 14.9. The maximum absolute atomic E-state index is 5.48. The summed E-state index contributed by atoms with van der Waals surface area (Å²) in [5.74, 6) is 2.22. The van der Waals surface area contributed by atoms with Crippen LogP contribution < -0.4 is 0 Å². The highest BCUT2D eigenvalue weighted by Crippen LogP contribution is 2.25. The minimum Gasteiger partial charge on any atom is -0.448 e. The Bertz CT molecular complexity index is 600. The van der Waals surface area contributed by atoms with Gasteiger partial charge in [0, 0.05) is 31.0 Å². The quantitative estimate of drug-likeness (QED) is 0.845. The van der Waals surface area contributed by atoms with Crippen LogP contribution in [-0.4, -0.2) is 22.1 Å². The molecule has 0 unspecified atom stereocenters. The van der Waals surface area contributed by atoms with Gasteiger partial charge < -0.3 is 8.94 Å². The highest BCUT2D eigenvalue weighted by molar-refractivity contribution is 5.25. The van der Waals surface area contributed by atoms with Gasteiger partial charge in [0.2, 0.25) is 0 Å². The Balaban J connectivity index is 1.63. The molecule has 0 N–H and O–H groups in total. The first-order valence-electron chi connectivity index (χ1n) is 7.72. The van der Waals surface area contributed by atoms with Gasteiger partial charge >= 0.3 is 0 Å². The highest BCUT2D eigenvalue weighted by atomic mass is 16.5. The number of oxazole rings is 1. The summed E-state index contributed by atoms with van der Waals surface area (Å²) in [4.78, 5) is 6.72. The molecule has 114 valence electrons. The van der Waals surface area contributed by atoms with Crippen molar-refractivity contribution in [3.05, 3.63) is 34.9 Å². The van der Waals surface area contributed by atoms with Crippen molar-refractivity contribution in [3.8, 4) is 0 Å². The first-order valence-corrected chi connectivity index (χ1v) is 7.72. The molecule has 5 nitrogen and oxygen atoms in total. The fourth-order valence-electron chi connectivity index (χ4n) is 2.82. The number of aryl methyl sites for hydroxylation is 1. The van der Waals surface area contributed by atoms with Crippen molar-refractivity contribution in [1.29, 1.82) is 0 Å². The van der Waals surface area contributed by atoms with Crippen molar-refractivity contribution in [2.24, 2.45) is 0 Å². The third-order valence-electron chi connectivity index (χ3n) is 3.95. The van der Waals surface area contributed by atoms with E-state index in [1.165, 1.54) is 18.4 Å². The van der Waals surface area contributed by atoms with Gasteiger partial charge in [0.25, 0.3) is 0 Å². The summed E-state index contributed by atoms with van der Waals surface area (Å²) in [6, 6.07) is 0. The molecule has 0 bridgehead atoms. The van der Waals surface area contributed by atoms with E-state index in [1.54, 1.807) is 6.26 Å². The van der Waals surface area contributed by atoms with E-state index in [1.807, 2.05) is 0 Å². The molecule has 3 rings (SSSR count). The smallest absolute Gasteiger partial charge is 0.196 e. The lowest BCUT2D eigenvalue weighted by molar-refractivity contribution is 0.297. The molecule has 0 saturated heterocycles. The van der Waals surface area contributed by atoms with Crippen LogP contribution in [0.15, 0.2) is 15.2 Å². The fourth-order valence-corrected chi connectivity index (χ4v) is 2.82. The van der Waals surface area contributed by atoms with Gasteiger partial charge in [-0.1, -0.05) is 19.0 Å². The van der Waals surface area contributed by atoms with Gasteiger partial charge in [0.1, 0.15) is 17.7 Å². The Morgan fingerprint density at radius 1 is 1.24 bits per heavy atom. The summed E-state index contributed by atoms with van der Waals surface area (Å²) >= 11 is 0. The second-order valence-electron chi connectivity index (χ2n) is 6.24. The lowest BCUT2D eigenvalue weighted by Gasteiger charge is -2.15. The van der Waals surface area contributed by atoms with Gasteiger partial charge in [-0.2, -0.15) is 0 Å². The van der Waals surface area contributed by atoms with Crippen LogP contribution in [0.2, 0.25) is 0 Å². The lowest BCUT2D eigenvalue weighted by Crippen LogP contribution is -2.19. The second kappa shape index (κ2) is 6.02. The highest BCUT2D eigenvalue weighted by Gasteiger charge is 2.20. The van der Waals surface area contributed by atoms with E-state index >= 15 is 0 Å². The lowest BCUT2D eigenvalue weighted by atomic mass is 9.96. The second-order valence-corrected chi connectivity index (χ2v) is 6.24. The van der Waals surface area contributed by atoms with Crippen molar-refractivity contribution in [2.75, 3.05) is 7.05 Å². The monoisotopic (exact) mass is 289 g/mol. The van der Waals surface area contributed by atoms with Gasteiger partial charge in [-0.05, 0) is 26.3 Å². The average Bonchev–Trinajstić information content (AvgIpc) is 3.07. The standard InChI is InChI=1S/C16H23N3O2/c1-11(2)16-17-12(10-20-16)8-19(3)9-14-13-6-4-5-7-15(13)21-18-14/h10-11H,4-9H2,1-3H3. The summed E-state index contributed by atoms with van der Waals surface area (Å²) in [5.41, 5.74) is 3.38. The van der Waals surface area contributed by atoms with Gasteiger partial charge in [0.15, 0.2) is 5.89 Å². The van der Waals surface area contributed by atoms with Crippen LogP contribution in [-0.2, 0) is 25.9 Å². The number of fused-ring (bicyclic) bond motifs is 1. The van der Waals surface area contributed by atoms with E-state index in [2.05, 4.69) is 35.9 Å². The first kappa shape index (κ1) is 14.3. The van der Waals surface area contributed by atoms with Crippen LogP contribution in [0.4, 0.5) is 0 Å². The predicted molar refractivity (Wildman–Crippen MR) is 78.9 cm³/mol. The Hall–Kier alpha value is -1.62. The molecule has 0 atom stereocenters. The van der Waals surface area contributed by atoms with Crippen LogP contribution in [0.5, 0.6) is 0 Å².